The SMILES string of the molecule is CCc1cccnc1CNC(=O)c1ccc(Br)nc1. The second kappa shape index (κ2) is 6.43. The first-order valence-electron chi connectivity index (χ1n) is 6.03. The lowest BCUT2D eigenvalue weighted by Crippen LogP contribution is -2.24. The fourth-order valence-electron chi connectivity index (χ4n) is 1.73. The maximum atomic E-state index is 11.9. The summed E-state index contributed by atoms with van der Waals surface area (Å²) in [6.45, 7) is 2.50. The Bertz CT molecular complexity index is 569. The Labute approximate surface area is 120 Å². The lowest BCUT2D eigenvalue weighted by Gasteiger charge is -2.08. The minimum absolute atomic E-state index is 0.146. The molecule has 2 heterocycles. The number of aryl methyl sites for hydroxylation is 1. The number of rotatable bonds is 4. The number of nitrogens with one attached hydrogen (secondary N) is 1. The van der Waals surface area contributed by atoms with Crippen LogP contribution in [0, 0.1) is 0 Å². The molecule has 4 nitrogen and oxygen atoms in total. The summed E-state index contributed by atoms with van der Waals surface area (Å²) < 4.78 is 0.710. The van der Waals surface area contributed by atoms with Gasteiger partial charge < -0.3 is 5.32 Å². The molecule has 0 fully saturated rings. The van der Waals surface area contributed by atoms with E-state index < -0.39 is 0 Å². The average Bonchev–Trinajstić information content (AvgIpc) is 2.45. The van der Waals surface area contributed by atoms with Crippen LogP contribution in [0.2, 0.25) is 0 Å². The number of halogens is 1. The molecule has 1 N–H and O–H groups in total. The van der Waals surface area contributed by atoms with E-state index in [0.717, 1.165) is 17.7 Å². The van der Waals surface area contributed by atoms with Crippen molar-refractivity contribution < 1.29 is 4.79 Å². The summed E-state index contributed by atoms with van der Waals surface area (Å²) in [5.41, 5.74) is 2.59. The molecule has 0 aliphatic carbocycles. The lowest BCUT2D eigenvalue weighted by molar-refractivity contribution is 0.0950. The largest absolute Gasteiger partial charge is 0.346 e. The van der Waals surface area contributed by atoms with Crippen LogP contribution in [0.3, 0.4) is 0 Å². The number of nitrogens with zero attached hydrogens (tertiary/aromatic N) is 2. The third-order valence-corrected chi connectivity index (χ3v) is 3.24. The number of carbonyl (C=O) groups is 1. The molecule has 0 radical (unpaired) electrons. The molecule has 5 heteroatoms. The third-order valence-electron chi connectivity index (χ3n) is 2.77. The Morgan fingerprint density at radius 2 is 2.16 bits per heavy atom. The molecule has 0 atom stereocenters. The van der Waals surface area contributed by atoms with Gasteiger partial charge in [0.15, 0.2) is 0 Å². The zero-order valence-electron chi connectivity index (χ0n) is 10.6. The van der Waals surface area contributed by atoms with Crippen molar-refractivity contribution in [1.29, 1.82) is 0 Å². The average molecular weight is 320 g/mol. The van der Waals surface area contributed by atoms with Gasteiger partial charge in [-0.1, -0.05) is 13.0 Å². The number of aromatic nitrogens is 2. The molecule has 0 saturated heterocycles. The molecule has 0 aromatic carbocycles. The molecule has 0 aliphatic heterocycles. The van der Waals surface area contributed by atoms with Crippen molar-refractivity contribution in [3.63, 3.8) is 0 Å². The van der Waals surface area contributed by atoms with Crippen LogP contribution in [-0.2, 0) is 13.0 Å². The monoisotopic (exact) mass is 319 g/mol. The molecular weight excluding hydrogens is 306 g/mol. The first kappa shape index (κ1) is 13.7. The molecule has 0 saturated carbocycles. The van der Waals surface area contributed by atoms with Gasteiger partial charge in [0.25, 0.3) is 5.91 Å². The van der Waals surface area contributed by atoms with Crippen molar-refractivity contribution in [2.75, 3.05) is 0 Å². The van der Waals surface area contributed by atoms with E-state index in [4.69, 9.17) is 0 Å². The standard InChI is InChI=1S/C14H14BrN3O/c1-2-10-4-3-7-16-12(10)9-18-14(19)11-5-6-13(15)17-8-11/h3-8H,2,9H2,1H3,(H,18,19). The van der Waals surface area contributed by atoms with E-state index in [9.17, 15) is 4.79 Å². The molecule has 2 aromatic rings. The van der Waals surface area contributed by atoms with Gasteiger partial charge in [0.2, 0.25) is 0 Å². The van der Waals surface area contributed by atoms with Gasteiger partial charge in [-0.2, -0.15) is 0 Å². The third kappa shape index (κ3) is 3.61. The highest BCUT2D eigenvalue weighted by atomic mass is 79.9. The van der Waals surface area contributed by atoms with Crippen LogP contribution in [0.1, 0.15) is 28.5 Å². The molecule has 0 bridgehead atoms. The molecule has 0 unspecified atom stereocenters. The van der Waals surface area contributed by atoms with Crippen LogP contribution in [0.25, 0.3) is 0 Å². The first-order chi connectivity index (χ1) is 9.20. The second-order valence-electron chi connectivity index (χ2n) is 4.02. The van der Waals surface area contributed by atoms with E-state index >= 15 is 0 Å². The number of pyridine rings is 2. The van der Waals surface area contributed by atoms with Gasteiger partial charge in [0.1, 0.15) is 4.60 Å². The van der Waals surface area contributed by atoms with Gasteiger partial charge in [0, 0.05) is 12.4 Å². The van der Waals surface area contributed by atoms with Crippen molar-refractivity contribution in [3.8, 4) is 0 Å². The van der Waals surface area contributed by atoms with Crippen LogP contribution < -0.4 is 5.32 Å². The lowest BCUT2D eigenvalue weighted by atomic mass is 10.1. The van der Waals surface area contributed by atoms with Gasteiger partial charge in [-0.15, -0.1) is 0 Å². The van der Waals surface area contributed by atoms with Gasteiger partial charge in [0.05, 0.1) is 17.8 Å². The first-order valence-corrected chi connectivity index (χ1v) is 6.82. The van der Waals surface area contributed by atoms with Crippen LogP contribution in [0.4, 0.5) is 0 Å². The van der Waals surface area contributed by atoms with Crippen LogP contribution >= 0.6 is 15.9 Å². The Hall–Kier alpha value is -1.75. The topological polar surface area (TPSA) is 54.9 Å². The molecule has 19 heavy (non-hydrogen) atoms. The molecule has 98 valence electrons. The quantitative estimate of drug-likeness (QED) is 0.881. The maximum Gasteiger partial charge on any atom is 0.253 e. The Balaban J connectivity index is 2.02. The minimum Gasteiger partial charge on any atom is -0.346 e. The van der Waals surface area contributed by atoms with Gasteiger partial charge in [-0.25, -0.2) is 4.98 Å². The van der Waals surface area contributed by atoms with Crippen LogP contribution in [0.15, 0.2) is 41.3 Å². The Morgan fingerprint density at radius 1 is 1.32 bits per heavy atom. The van der Waals surface area contributed by atoms with E-state index in [1.54, 1.807) is 24.5 Å². The van der Waals surface area contributed by atoms with Crippen molar-refractivity contribution in [2.24, 2.45) is 0 Å². The van der Waals surface area contributed by atoms with Crippen molar-refractivity contribution in [3.05, 3.63) is 58.1 Å². The molecule has 2 aromatic heterocycles. The van der Waals surface area contributed by atoms with Crippen LogP contribution in [0.5, 0.6) is 0 Å². The summed E-state index contributed by atoms with van der Waals surface area (Å²) in [7, 11) is 0. The number of amides is 1. The summed E-state index contributed by atoms with van der Waals surface area (Å²) in [4.78, 5) is 20.3. The highest BCUT2D eigenvalue weighted by molar-refractivity contribution is 9.10. The maximum absolute atomic E-state index is 11.9. The highest BCUT2D eigenvalue weighted by Crippen LogP contribution is 2.08. The fraction of sp³-hybridized carbons (Fsp3) is 0.214. The summed E-state index contributed by atoms with van der Waals surface area (Å²) >= 11 is 3.24. The Kier molecular flexibility index (Phi) is 4.63. The van der Waals surface area contributed by atoms with Crippen molar-refractivity contribution >= 4 is 21.8 Å². The predicted molar refractivity (Wildman–Crippen MR) is 76.7 cm³/mol. The van der Waals surface area contributed by atoms with Gasteiger partial charge in [-0.05, 0) is 46.1 Å². The van der Waals surface area contributed by atoms with E-state index in [-0.39, 0.29) is 5.91 Å². The summed E-state index contributed by atoms with van der Waals surface area (Å²) in [5, 5.41) is 2.85. The fourth-order valence-corrected chi connectivity index (χ4v) is 1.96. The normalized spacial score (nSPS) is 10.2. The van der Waals surface area contributed by atoms with E-state index in [1.807, 2.05) is 12.1 Å². The van der Waals surface area contributed by atoms with Gasteiger partial charge >= 0.3 is 0 Å². The molecule has 0 spiro atoms. The predicted octanol–water partition coefficient (Wildman–Crippen LogP) is 2.73. The van der Waals surface area contributed by atoms with Crippen molar-refractivity contribution in [1.82, 2.24) is 15.3 Å². The molecular formula is C14H14BrN3O. The number of hydrogen-bond acceptors (Lipinski definition) is 3. The van der Waals surface area contributed by atoms with E-state index in [0.29, 0.717) is 16.7 Å². The number of hydrogen-bond donors (Lipinski definition) is 1. The zero-order valence-corrected chi connectivity index (χ0v) is 12.1. The molecule has 2 rings (SSSR count). The second-order valence-corrected chi connectivity index (χ2v) is 4.83. The van der Waals surface area contributed by atoms with E-state index in [1.165, 1.54) is 0 Å². The summed E-state index contributed by atoms with van der Waals surface area (Å²) in [6, 6.07) is 7.40. The minimum atomic E-state index is -0.146. The molecule has 1 amide bonds. The molecule has 0 aliphatic rings. The number of carbonyl (C=O) groups excluding carboxylic acids is 1. The van der Waals surface area contributed by atoms with Crippen molar-refractivity contribution in [2.45, 2.75) is 19.9 Å². The smallest absolute Gasteiger partial charge is 0.253 e. The Morgan fingerprint density at radius 3 is 2.84 bits per heavy atom. The summed E-state index contributed by atoms with van der Waals surface area (Å²) in [6.07, 6.45) is 4.18. The van der Waals surface area contributed by atoms with Crippen LogP contribution in [-0.4, -0.2) is 15.9 Å². The van der Waals surface area contributed by atoms with E-state index in [2.05, 4.69) is 38.1 Å². The highest BCUT2D eigenvalue weighted by Gasteiger charge is 2.07. The summed E-state index contributed by atoms with van der Waals surface area (Å²) in [5.74, 6) is -0.146. The zero-order chi connectivity index (χ0) is 13.7. The van der Waals surface area contributed by atoms with Gasteiger partial charge in [-0.3, -0.25) is 9.78 Å².